The van der Waals surface area contributed by atoms with Gasteiger partial charge in [-0.25, -0.2) is 0 Å². The standard InChI is InChI=1S/C15H9F3N2/c16-15(17,18)13-5-3-4-11(9-13)8-12(10-19)14-6-1-2-7-20-14/h1-9H. The second-order valence-electron chi connectivity index (χ2n) is 4.01. The van der Waals surface area contributed by atoms with Crippen molar-refractivity contribution in [1.82, 2.24) is 4.98 Å². The number of alkyl halides is 3. The summed E-state index contributed by atoms with van der Waals surface area (Å²) in [6.45, 7) is 0. The van der Waals surface area contributed by atoms with Crippen LogP contribution in [0.2, 0.25) is 0 Å². The zero-order chi connectivity index (χ0) is 14.6. The lowest BCUT2D eigenvalue weighted by Crippen LogP contribution is -2.04. The van der Waals surface area contributed by atoms with Crippen molar-refractivity contribution in [2.75, 3.05) is 0 Å². The van der Waals surface area contributed by atoms with E-state index in [-0.39, 0.29) is 5.57 Å². The van der Waals surface area contributed by atoms with Gasteiger partial charge in [0.2, 0.25) is 0 Å². The van der Waals surface area contributed by atoms with Gasteiger partial charge in [0.15, 0.2) is 0 Å². The van der Waals surface area contributed by atoms with Crippen molar-refractivity contribution in [2.24, 2.45) is 0 Å². The van der Waals surface area contributed by atoms with E-state index in [0.717, 1.165) is 12.1 Å². The largest absolute Gasteiger partial charge is 0.416 e. The van der Waals surface area contributed by atoms with Gasteiger partial charge >= 0.3 is 6.18 Å². The van der Waals surface area contributed by atoms with Crippen LogP contribution in [0.15, 0.2) is 48.7 Å². The summed E-state index contributed by atoms with van der Waals surface area (Å²) in [5.74, 6) is 0. The fraction of sp³-hybridized carbons (Fsp3) is 0.0667. The van der Waals surface area contributed by atoms with Gasteiger partial charge in [-0.3, -0.25) is 4.98 Å². The zero-order valence-electron chi connectivity index (χ0n) is 10.2. The lowest BCUT2D eigenvalue weighted by atomic mass is 10.1. The predicted molar refractivity (Wildman–Crippen MR) is 69.2 cm³/mol. The lowest BCUT2D eigenvalue weighted by molar-refractivity contribution is -0.137. The van der Waals surface area contributed by atoms with Crippen LogP contribution in [0.3, 0.4) is 0 Å². The van der Waals surface area contributed by atoms with Crippen LogP contribution in [-0.4, -0.2) is 4.98 Å². The average Bonchev–Trinajstić information content (AvgIpc) is 2.45. The van der Waals surface area contributed by atoms with Gasteiger partial charge in [-0.2, -0.15) is 18.4 Å². The fourth-order valence-electron chi connectivity index (χ4n) is 1.66. The Bertz CT molecular complexity index is 668. The summed E-state index contributed by atoms with van der Waals surface area (Å²) in [6, 6.07) is 11.8. The lowest BCUT2D eigenvalue weighted by Gasteiger charge is -2.07. The maximum Gasteiger partial charge on any atom is 0.416 e. The predicted octanol–water partition coefficient (Wildman–Crippen LogP) is 4.16. The number of halogens is 3. The zero-order valence-corrected chi connectivity index (χ0v) is 10.2. The highest BCUT2D eigenvalue weighted by Gasteiger charge is 2.30. The summed E-state index contributed by atoms with van der Waals surface area (Å²) in [5, 5.41) is 9.09. The molecule has 5 heteroatoms. The van der Waals surface area contributed by atoms with Gasteiger partial charge in [0, 0.05) is 6.20 Å². The molecule has 0 unspecified atom stereocenters. The van der Waals surface area contributed by atoms with E-state index in [4.69, 9.17) is 5.26 Å². The molecule has 0 amide bonds. The van der Waals surface area contributed by atoms with Gasteiger partial charge in [-0.1, -0.05) is 18.2 Å². The smallest absolute Gasteiger partial charge is 0.256 e. The Balaban J connectivity index is 2.42. The number of nitrogens with zero attached hydrogens (tertiary/aromatic N) is 2. The van der Waals surface area contributed by atoms with Crippen molar-refractivity contribution in [2.45, 2.75) is 6.18 Å². The first-order valence-electron chi connectivity index (χ1n) is 5.71. The second-order valence-corrected chi connectivity index (χ2v) is 4.01. The number of allylic oxidation sites excluding steroid dienone is 1. The molecule has 0 bridgehead atoms. The minimum absolute atomic E-state index is 0.213. The van der Waals surface area contributed by atoms with Gasteiger partial charge in [-0.15, -0.1) is 0 Å². The topological polar surface area (TPSA) is 36.7 Å². The first-order valence-corrected chi connectivity index (χ1v) is 5.71. The monoisotopic (exact) mass is 274 g/mol. The first-order chi connectivity index (χ1) is 9.50. The van der Waals surface area contributed by atoms with E-state index >= 15 is 0 Å². The molecule has 1 aromatic heterocycles. The Morgan fingerprint density at radius 1 is 1.15 bits per heavy atom. The van der Waals surface area contributed by atoms with E-state index in [1.54, 1.807) is 18.2 Å². The molecule has 1 aromatic carbocycles. The molecule has 0 fully saturated rings. The Kier molecular flexibility index (Phi) is 3.85. The molecule has 0 radical (unpaired) electrons. The van der Waals surface area contributed by atoms with Gasteiger partial charge < -0.3 is 0 Å². The summed E-state index contributed by atoms with van der Waals surface area (Å²) >= 11 is 0. The summed E-state index contributed by atoms with van der Waals surface area (Å²) in [7, 11) is 0. The van der Waals surface area contributed by atoms with E-state index in [9.17, 15) is 13.2 Å². The van der Waals surface area contributed by atoms with Crippen LogP contribution >= 0.6 is 0 Å². The van der Waals surface area contributed by atoms with E-state index in [2.05, 4.69) is 4.98 Å². The van der Waals surface area contributed by atoms with Gasteiger partial charge in [0.05, 0.1) is 16.8 Å². The number of rotatable bonds is 2. The van der Waals surface area contributed by atoms with E-state index in [1.165, 1.54) is 24.4 Å². The van der Waals surface area contributed by atoms with Crippen LogP contribution in [-0.2, 0) is 6.18 Å². The number of hydrogen-bond acceptors (Lipinski definition) is 2. The van der Waals surface area contributed by atoms with Gasteiger partial charge in [-0.05, 0) is 35.9 Å². The maximum absolute atomic E-state index is 12.6. The molecule has 2 rings (SSSR count). The van der Waals surface area contributed by atoms with Crippen molar-refractivity contribution in [3.05, 3.63) is 65.5 Å². The molecule has 100 valence electrons. The Morgan fingerprint density at radius 2 is 1.95 bits per heavy atom. The van der Waals surface area contributed by atoms with E-state index in [0.29, 0.717) is 11.3 Å². The molecular formula is C15H9F3N2. The molecule has 0 spiro atoms. The summed E-state index contributed by atoms with van der Waals surface area (Å²) < 4.78 is 37.8. The summed E-state index contributed by atoms with van der Waals surface area (Å²) in [6.07, 6.45) is -1.49. The van der Waals surface area contributed by atoms with Crippen LogP contribution in [0.1, 0.15) is 16.8 Å². The Morgan fingerprint density at radius 3 is 2.55 bits per heavy atom. The molecule has 0 atom stereocenters. The van der Waals surface area contributed by atoms with Crippen molar-refractivity contribution in [1.29, 1.82) is 5.26 Å². The third-order valence-electron chi connectivity index (χ3n) is 2.59. The highest BCUT2D eigenvalue weighted by atomic mass is 19.4. The normalized spacial score (nSPS) is 12.0. The second kappa shape index (κ2) is 5.57. The van der Waals surface area contributed by atoms with Crippen LogP contribution in [0, 0.1) is 11.3 Å². The molecule has 0 saturated carbocycles. The molecule has 0 aliphatic carbocycles. The van der Waals surface area contributed by atoms with E-state index in [1.807, 2.05) is 6.07 Å². The summed E-state index contributed by atoms with van der Waals surface area (Å²) in [5.41, 5.74) is 0.198. The van der Waals surface area contributed by atoms with Crippen LogP contribution in [0.25, 0.3) is 11.6 Å². The van der Waals surface area contributed by atoms with Crippen molar-refractivity contribution in [3.63, 3.8) is 0 Å². The van der Waals surface area contributed by atoms with Crippen LogP contribution < -0.4 is 0 Å². The third kappa shape index (κ3) is 3.23. The molecule has 0 saturated heterocycles. The minimum atomic E-state index is -4.40. The quantitative estimate of drug-likeness (QED) is 0.771. The molecule has 0 aliphatic rings. The first kappa shape index (κ1) is 13.8. The molecule has 1 heterocycles. The van der Waals surface area contributed by atoms with Crippen molar-refractivity contribution >= 4 is 11.6 Å². The SMILES string of the molecule is N#CC(=Cc1cccc(C(F)(F)F)c1)c1ccccn1. The number of hydrogen-bond donors (Lipinski definition) is 0. The molecular weight excluding hydrogens is 265 g/mol. The highest BCUT2D eigenvalue weighted by Crippen LogP contribution is 2.30. The molecule has 2 nitrogen and oxygen atoms in total. The minimum Gasteiger partial charge on any atom is -0.256 e. The van der Waals surface area contributed by atoms with E-state index < -0.39 is 11.7 Å². The average molecular weight is 274 g/mol. The van der Waals surface area contributed by atoms with Crippen molar-refractivity contribution in [3.8, 4) is 6.07 Å². The number of aromatic nitrogens is 1. The highest BCUT2D eigenvalue weighted by molar-refractivity contribution is 5.88. The Hall–Kier alpha value is -2.61. The van der Waals surface area contributed by atoms with Crippen LogP contribution in [0.5, 0.6) is 0 Å². The fourth-order valence-corrected chi connectivity index (χ4v) is 1.66. The molecule has 0 N–H and O–H groups in total. The number of benzene rings is 1. The number of pyridine rings is 1. The summed E-state index contributed by atoms with van der Waals surface area (Å²) in [4.78, 5) is 4.00. The Labute approximate surface area is 113 Å². The maximum atomic E-state index is 12.6. The van der Waals surface area contributed by atoms with Crippen molar-refractivity contribution < 1.29 is 13.2 Å². The number of nitriles is 1. The van der Waals surface area contributed by atoms with Gasteiger partial charge in [0.25, 0.3) is 0 Å². The molecule has 2 aromatic rings. The van der Waals surface area contributed by atoms with Gasteiger partial charge in [0.1, 0.15) is 6.07 Å². The third-order valence-corrected chi connectivity index (χ3v) is 2.59. The van der Waals surface area contributed by atoms with Crippen LogP contribution in [0.4, 0.5) is 13.2 Å². The molecule has 20 heavy (non-hydrogen) atoms. The molecule has 0 aliphatic heterocycles.